The molecule has 1 aliphatic rings. The molecule has 0 spiro atoms. The number of rotatable bonds is 5. The number of nitrogens with one attached hydrogen (secondary N) is 1. The van der Waals surface area contributed by atoms with Crippen LogP contribution in [0.25, 0.3) is 10.8 Å². The summed E-state index contributed by atoms with van der Waals surface area (Å²) in [7, 11) is 0. The largest absolute Gasteiger partial charge is 0.440 e. The molecule has 1 fully saturated rings. The second-order valence-corrected chi connectivity index (χ2v) is 8.53. The van der Waals surface area contributed by atoms with Gasteiger partial charge >= 0.3 is 0 Å². The zero-order valence-electron chi connectivity index (χ0n) is 15.9. The molecule has 7 heteroatoms. The predicted molar refractivity (Wildman–Crippen MR) is 113 cm³/mol. The third kappa shape index (κ3) is 3.93. The van der Waals surface area contributed by atoms with Crippen molar-refractivity contribution < 1.29 is 9.21 Å². The molecule has 5 nitrogen and oxygen atoms in total. The van der Waals surface area contributed by atoms with Crippen molar-refractivity contribution in [2.45, 2.75) is 20.3 Å². The number of nitrogens with zero attached hydrogens (tertiary/aromatic N) is 2. The fourth-order valence-corrected chi connectivity index (χ4v) is 4.39. The average molecular weight is 416 g/mol. The summed E-state index contributed by atoms with van der Waals surface area (Å²) in [6.45, 7) is 6.36. The molecule has 0 bridgehead atoms. The summed E-state index contributed by atoms with van der Waals surface area (Å²) in [6.07, 6.45) is 1.03. The van der Waals surface area contributed by atoms with E-state index in [0.717, 1.165) is 29.4 Å². The van der Waals surface area contributed by atoms with Gasteiger partial charge in [0, 0.05) is 30.3 Å². The van der Waals surface area contributed by atoms with Gasteiger partial charge in [0.25, 0.3) is 5.91 Å². The molecule has 1 saturated heterocycles. The lowest BCUT2D eigenvalue weighted by Crippen LogP contribution is -2.31. The molecule has 1 aliphatic heterocycles. The number of carbonyl (C=O) groups excluding carboxylic acids is 1. The van der Waals surface area contributed by atoms with Crippen LogP contribution in [0.5, 0.6) is 0 Å². The Morgan fingerprint density at radius 3 is 3.04 bits per heavy atom. The maximum absolute atomic E-state index is 12.6. The number of thiophene rings is 1. The number of hydrogen-bond acceptors (Lipinski definition) is 5. The molecule has 3 heterocycles. The van der Waals surface area contributed by atoms with Crippen LogP contribution in [-0.4, -0.2) is 30.5 Å². The van der Waals surface area contributed by atoms with Crippen molar-refractivity contribution in [3.63, 3.8) is 0 Å². The van der Waals surface area contributed by atoms with Gasteiger partial charge in [-0.1, -0.05) is 23.7 Å². The first-order valence-corrected chi connectivity index (χ1v) is 10.6. The van der Waals surface area contributed by atoms with Crippen molar-refractivity contribution in [1.82, 2.24) is 10.3 Å². The molecule has 1 unspecified atom stereocenters. The molecular formula is C21H22ClN3O2S. The van der Waals surface area contributed by atoms with Crippen LogP contribution in [0.1, 0.15) is 28.2 Å². The maximum atomic E-state index is 12.6. The monoisotopic (exact) mass is 415 g/mol. The third-order valence-corrected chi connectivity index (χ3v) is 6.19. The molecule has 3 aromatic rings. The molecule has 4 rings (SSSR count). The van der Waals surface area contributed by atoms with Gasteiger partial charge in [0.2, 0.25) is 5.89 Å². The van der Waals surface area contributed by atoms with Gasteiger partial charge in [-0.2, -0.15) is 0 Å². The Morgan fingerprint density at radius 1 is 1.39 bits per heavy atom. The zero-order chi connectivity index (χ0) is 19.7. The highest BCUT2D eigenvalue weighted by molar-refractivity contribution is 7.13. The van der Waals surface area contributed by atoms with E-state index < -0.39 is 0 Å². The summed E-state index contributed by atoms with van der Waals surface area (Å²) in [5.74, 6) is 1.26. The summed E-state index contributed by atoms with van der Waals surface area (Å²) < 4.78 is 5.67. The van der Waals surface area contributed by atoms with Gasteiger partial charge in [-0.25, -0.2) is 4.98 Å². The van der Waals surface area contributed by atoms with Crippen LogP contribution >= 0.6 is 22.9 Å². The highest BCUT2D eigenvalue weighted by Gasteiger charge is 2.25. The Balaban J connectivity index is 1.36. The Kier molecular flexibility index (Phi) is 5.42. The minimum absolute atomic E-state index is 0.179. The smallest absolute Gasteiger partial charge is 0.273 e. The van der Waals surface area contributed by atoms with Crippen molar-refractivity contribution in [3.05, 3.63) is 57.8 Å². The van der Waals surface area contributed by atoms with Gasteiger partial charge in [0.15, 0.2) is 5.69 Å². The van der Waals surface area contributed by atoms with Gasteiger partial charge < -0.3 is 14.6 Å². The summed E-state index contributed by atoms with van der Waals surface area (Å²) in [6, 6.07) is 9.85. The Labute approximate surface area is 173 Å². The van der Waals surface area contributed by atoms with E-state index in [4.69, 9.17) is 16.0 Å². The fraction of sp³-hybridized carbons (Fsp3) is 0.333. The number of hydrogen-bond donors (Lipinski definition) is 1. The summed E-state index contributed by atoms with van der Waals surface area (Å²) >= 11 is 7.70. The van der Waals surface area contributed by atoms with Gasteiger partial charge in [-0.05, 0) is 55.3 Å². The van der Waals surface area contributed by atoms with Gasteiger partial charge in [0.1, 0.15) is 5.76 Å². The van der Waals surface area contributed by atoms with Crippen LogP contribution in [-0.2, 0) is 0 Å². The molecule has 1 atom stereocenters. The topological polar surface area (TPSA) is 58.4 Å². The van der Waals surface area contributed by atoms with E-state index in [0.29, 0.717) is 29.8 Å². The van der Waals surface area contributed by atoms with Crippen molar-refractivity contribution in [2.24, 2.45) is 5.92 Å². The second-order valence-electron chi connectivity index (χ2n) is 7.14. The molecule has 146 valence electrons. The maximum Gasteiger partial charge on any atom is 0.273 e. The Hall–Kier alpha value is -2.31. The van der Waals surface area contributed by atoms with Crippen LogP contribution in [0.2, 0.25) is 5.02 Å². The zero-order valence-corrected chi connectivity index (χ0v) is 17.4. The van der Waals surface area contributed by atoms with Crippen LogP contribution in [0, 0.1) is 19.8 Å². The van der Waals surface area contributed by atoms with Crippen molar-refractivity contribution in [2.75, 3.05) is 24.5 Å². The Bertz CT molecular complexity index is 984. The van der Waals surface area contributed by atoms with Crippen molar-refractivity contribution >= 4 is 34.5 Å². The molecule has 1 amide bonds. The first-order chi connectivity index (χ1) is 13.5. The normalized spacial score (nSPS) is 16.5. The number of halogens is 1. The lowest BCUT2D eigenvalue weighted by molar-refractivity contribution is 0.0942. The quantitative estimate of drug-likeness (QED) is 0.641. The lowest BCUT2D eigenvalue weighted by atomic mass is 10.1. The number of benzene rings is 1. The van der Waals surface area contributed by atoms with E-state index in [1.54, 1.807) is 18.3 Å². The van der Waals surface area contributed by atoms with Crippen LogP contribution in [0.4, 0.5) is 5.69 Å². The van der Waals surface area contributed by atoms with Gasteiger partial charge in [-0.3, -0.25) is 4.79 Å². The third-order valence-electron chi connectivity index (χ3n) is 5.09. The summed E-state index contributed by atoms with van der Waals surface area (Å²) in [5, 5.41) is 5.74. The number of carbonyl (C=O) groups is 1. The van der Waals surface area contributed by atoms with E-state index in [1.807, 2.05) is 35.7 Å². The van der Waals surface area contributed by atoms with Crippen molar-refractivity contribution in [1.29, 1.82) is 0 Å². The standard InChI is InChI=1S/C21H22ClN3O2S/c1-13-5-6-16(22)10-17(13)25-8-7-15(12-25)11-23-20(26)19-14(2)27-21(24-19)18-4-3-9-28-18/h3-6,9-10,15H,7-8,11-12H2,1-2H3,(H,23,26). The Morgan fingerprint density at radius 2 is 2.25 bits per heavy atom. The molecular weight excluding hydrogens is 394 g/mol. The molecule has 2 aromatic heterocycles. The van der Waals surface area contributed by atoms with Crippen LogP contribution < -0.4 is 10.2 Å². The van der Waals surface area contributed by atoms with Crippen molar-refractivity contribution in [3.8, 4) is 10.8 Å². The molecule has 0 radical (unpaired) electrons. The van der Waals surface area contributed by atoms with E-state index in [1.165, 1.54) is 11.3 Å². The first-order valence-electron chi connectivity index (χ1n) is 9.32. The molecule has 1 N–H and O–H groups in total. The van der Waals surface area contributed by atoms with Gasteiger partial charge in [-0.15, -0.1) is 11.3 Å². The first kappa shape index (κ1) is 19.0. The highest BCUT2D eigenvalue weighted by Crippen LogP contribution is 2.29. The minimum atomic E-state index is -0.179. The number of anilines is 1. The predicted octanol–water partition coefficient (Wildman–Crippen LogP) is 4.93. The second kappa shape index (κ2) is 7.97. The van der Waals surface area contributed by atoms with Gasteiger partial charge in [0.05, 0.1) is 4.88 Å². The SMILES string of the molecule is Cc1ccc(Cl)cc1N1CCC(CNC(=O)c2nc(-c3cccs3)oc2C)C1. The minimum Gasteiger partial charge on any atom is -0.440 e. The lowest BCUT2D eigenvalue weighted by Gasteiger charge is -2.21. The van der Waals surface area contributed by atoms with E-state index in [9.17, 15) is 4.79 Å². The molecule has 0 saturated carbocycles. The number of oxazole rings is 1. The van der Waals surface area contributed by atoms with E-state index >= 15 is 0 Å². The van der Waals surface area contributed by atoms with E-state index in [2.05, 4.69) is 22.1 Å². The molecule has 0 aliphatic carbocycles. The van der Waals surface area contributed by atoms with Crippen LogP contribution in [0.3, 0.4) is 0 Å². The summed E-state index contributed by atoms with van der Waals surface area (Å²) in [5.41, 5.74) is 2.76. The highest BCUT2D eigenvalue weighted by atomic mass is 35.5. The number of amides is 1. The summed E-state index contributed by atoms with van der Waals surface area (Å²) in [4.78, 5) is 20.2. The molecule has 1 aromatic carbocycles. The average Bonchev–Trinajstić information content (AvgIpc) is 3.42. The van der Waals surface area contributed by atoms with E-state index in [-0.39, 0.29) is 5.91 Å². The van der Waals surface area contributed by atoms with Crippen LogP contribution in [0.15, 0.2) is 40.1 Å². The molecule has 28 heavy (non-hydrogen) atoms. The number of aryl methyl sites for hydroxylation is 2. The fourth-order valence-electron chi connectivity index (χ4n) is 3.57. The number of aromatic nitrogens is 1.